The van der Waals surface area contributed by atoms with E-state index in [0.29, 0.717) is 56.9 Å². The van der Waals surface area contributed by atoms with Crippen LogP contribution < -0.4 is 10.9 Å². The topological polar surface area (TPSA) is 114 Å². The molecule has 36 heavy (non-hydrogen) atoms. The molecule has 1 heterocycles. The number of hydrogen-bond acceptors (Lipinski definition) is 6. The zero-order chi connectivity index (χ0) is 26.3. The van der Waals surface area contributed by atoms with Gasteiger partial charge in [0, 0.05) is 24.6 Å². The Morgan fingerprint density at radius 3 is 2.03 bits per heavy atom. The van der Waals surface area contributed by atoms with Gasteiger partial charge in [-0.1, -0.05) is 12.1 Å². The molecule has 2 N–H and O–H groups in total. The molecular weight excluding hydrogens is 462 g/mol. The predicted octanol–water partition coefficient (Wildman–Crippen LogP) is 3.93. The molecule has 1 aromatic carbocycles. The third-order valence-electron chi connectivity index (χ3n) is 6.81. The molecule has 2 fully saturated rings. The summed E-state index contributed by atoms with van der Waals surface area (Å²) in [5, 5.41) is 0. The largest absolute Gasteiger partial charge is 0.466 e. The molecular formula is C27H39N3O6. The number of likely N-dealkylation sites (tertiary alicyclic amines) is 1. The lowest BCUT2D eigenvalue weighted by Gasteiger charge is -2.33. The molecule has 2 aliphatic rings. The van der Waals surface area contributed by atoms with Crippen molar-refractivity contribution in [2.75, 3.05) is 19.7 Å². The van der Waals surface area contributed by atoms with Crippen molar-refractivity contribution in [1.29, 1.82) is 0 Å². The number of rotatable bonds is 5. The van der Waals surface area contributed by atoms with E-state index >= 15 is 0 Å². The lowest BCUT2D eigenvalue weighted by molar-refractivity contribution is -0.150. The van der Waals surface area contributed by atoms with Crippen molar-refractivity contribution in [1.82, 2.24) is 15.8 Å². The molecule has 0 bridgehead atoms. The van der Waals surface area contributed by atoms with E-state index in [9.17, 15) is 19.2 Å². The number of ether oxygens (including phenoxy) is 2. The quantitative estimate of drug-likeness (QED) is 0.467. The third-order valence-corrected chi connectivity index (χ3v) is 6.81. The van der Waals surface area contributed by atoms with E-state index in [-0.39, 0.29) is 35.7 Å². The van der Waals surface area contributed by atoms with Crippen molar-refractivity contribution >= 4 is 23.9 Å². The van der Waals surface area contributed by atoms with Crippen molar-refractivity contribution in [3.8, 4) is 0 Å². The first-order chi connectivity index (χ1) is 17.1. The second kappa shape index (κ2) is 12.2. The molecule has 0 aromatic heterocycles. The van der Waals surface area contributed by atoms with Gasteiger partial charge in [0.1, 0.15) is 5.60 Å². The Bertz CT molecular complexity index is 924. The molecule has 1 saturated carbocycles. The average Bonchev–Trinajstić information content (AvgIpc) is 2.86. The van der Waals surface area contributed by atoms with Gasteiger partial charge < -0.3 is 14.4 Å². The third kappa shape index (κ3) is 7.70. The highest BCUT2D eigenvalue weighted by Crippen LogP contribution is 2.30. The predicted molar refractivity (Wildman–Crippen MR) is 134 cm³/mol. The zero-order valence-electron chi connectivity index (χ0n) is 21.8. The summed E-state index contributed by atoms with van der Waals surface area (Å²) in [6.07, 6.45) is 3.80. The highest BCUT2D eigenvalue weighted by Gasteiger charge is 2.31. The maximum Gasteiger partial charge on any atom is 0.410 e. The van der Waals surface area contributed by atoms with Gasteiger partial charge >= 0.3 is 12.1 Å². The van der Waals surface area contributed by atoms with Crippen LogP contribution in [0.4, 0.5) is 4.79 Å². The summed E-state index contributed by atoms with van der Waals surface area (Å²) in [5.41, 5.74) is 6.09. The summed E-state index contributed by atoms with van der Waals surface area (Å²) >= 11 is 0. The van der Waals surface area contributed by atoms with E-state index in [1.54, 1.807) is 24.0 Å². The van der Waals surface area contributed by atoms with Crippen LogP contribution in [-0.2, 0) is 19.1 Å². The standard InChI is InChI=1S/C27H39N3O6/c1-5-35-25(33)22-12-10-21(11-13-22)24(32)29-28-23(31)20-8-6-18(7-9-20)19-14-16-30(17-15-19)26(34)36-27(2,3)4/h6-9,19,21-22H,5,10-17H2,1-4H3,(H,28,31)(H,29,32)/t21-,22-. The molecule has 3 rings (SSSR count). The Hall–Kier alpha value is -3.10. The number of nitrogens with zero attached hydrogens (tertiary/aromatic N) is 1. The van der Waals surface area contributed by atoms with Gasteiger partial charge in [-0.3, -0.25) is 25.2 Å². The Balaban J connectivity index is 1.42. The number of nitrogens with one attached hydrogen (secondary N) is 2. The molecule has 0 spiro atoms. The molecule has 1 saturated heterocycles. The van der Waals surface area contributed by atoms with Gasteiger partial charge in [0.25, 0.3) is 5.91 Å². The van der Waals surface area contributed by atoms with Crippen LogP contribution >= 0.6 is 0 Å². The molecule has 198 valence electrons. The van der Waals surface area contributed by atoms with E-state index in [4.69, 9.17) is 9.47 Å². The van der Waals surface area contributed by atoms with E-state index in [0.717, 1.165) is 18.4 Å². The Kier molecular flexibility index (Phi) is 9.34. The van der Waals surface area contributed by atoms with Crippen molar-refractivity contribution in [2.45, 2.75) is 77.7 Å². The van der Waals surface area contributed by atoms with Gasteiger partial charge in [-0.15, -0.1) is 0 Å². The monoisotopic (exact) mass is 501 g/mol. The zero-order valence-corrected chi connectivity index (χ0v) is 21.8. The fourth-order valence-electron chi connectivity index (χ4n) is 4.77. The number of esters is 1. The molecule has 1 aliphatic heterocycles. The average molecular weight is 502 g/mol. The SMILES string of the molecule is CCOC(=O)[C@H]1CC[C@H](C(=O)NNC(=O)c2ccc(C3CCN(C(=O)OC(C)(C)C)CC3)cc2)CC1. The van der Waals surface area contributed by atoms with Crippen molar-refractivity contribution in [3.05, 3.63) is 35.4 Å². The number of amides is 3. The Morgan fingerprint density at radius 1 is 0.889 bits per heavy atom. The van der Waals surface area contributed by atoms with Crippen molar-refractivity contribution in [2.24, 2.45) is 11.8 Å². The number of hydrazine groups is 1. The summed E-state index contributed by atoms with van der Waals surface area (Å²) < 4.78 is 10.5. The van der Waals surface area contributed by atoms with E-state index in [1.165, 1.54) is 0 Å². The van der Waals surface area contributed by atoms with E-state index in [1.807, 2.05) is 32.9 Å². The van der Waals surface area contributed by atoms with Crippen LogP contribution in [0, 0.1) is 11.8 Å². The highest BCUT2D eigenvalue weighted by atomic mass is 16.6. The molecule has 0 unspecified atom stereocenters. The van der Waals surface area contributed by atoms with Crippen LogP contribution in [0.3, 0.4) is 0 Å². The van der Waals surface area contributed by atoms with Crippen LogP contribution in [0.2, 0.25) is 0 Å². The smallest absolute Gasteiger partial charge is 0.410 e. The second-order valence-corrected chi connectivity index (χ2v) is 10.6. The van der Waals surface area contributed by atoms with Gasteiger partial charge in [-0.25, -0.2) is 4.79 Å². The molecule has 0 atom stereocenters. The number of benzene rings is 1. The van der Waals surface area contributed by atoms with E-state index < -0.39 is 5.60 Å². The Labute approximate surface area is 213 Å². The Morgan fingerprint density at radius 2 is 1.47 bits per heavy atom. The minimum atomic E-state index is -0.507. The first kappa shape index (κ1) is 27.5. The molecule has 0 radical (unpaired) electrons. The maximum atomic E-state index is 12.5. The summed E-state index contributed by atoms with van der Waals surface area (Å²) in [6.45, 7) is 8.99. The van der Waals surface area contributed by atoms with Gasteiger partial charge in [-0.2, -0.15) is 0 Å². The molecule has 1 aromatic rings. The summed E-state index contributed by atoms with van der Waals surface area (Å²) in [5.74, 6) is -0.877. The van der Waals surface area contributed by atoms with Gasteiger partial charge in [0.15, 0.2) is 0 Å². The minimum absolute atomic E-state index is 0.147. The number of carbonyl (C=O) groups excluding carboxylic acids is 4. The van der Waals surface area contributed by atoms with Gasteiger partial charge in [0.05, 0.1) is 12.5 Å². The fraction of sp³-hybridized carbons (Fsp3) is 0.630. The fourth-order valence-corrected chi connectivity index (χ4v) is 4.77. The van der Waals surface area contributed by atoms with Crippen LogP contribution in [0.1, 0.15) is 88.1 Å². The normalized spacial score (nSPS) is 20.8. The van der Waals surface area contributed by atoms with Crippen molar-refractivity contribution in [3.63, 3.8) is 0 Å². The number of piperidine rings is 1. The van der Waals surface area contributed by atoms with Crippen LogP contribution in [-0.4, -0.2) is 54.1 Å². The maximum absolute atomic E-state index is 12.5. The highest BCUT2D eigenvalue weighted by molar-refractivity contribution is 5.95. The molecule has 9 heteroatoms. The summed E-state index contributed by atoms with van der Waals surface area (Å²) in [6, 6.07) is 7.37. The number of carbonyl (C=O) groups is 4. The molecule has 3 amide bonds. The second-order valence-electron chi connectivity index (χ2n) is 10.6. The molecule has 1 aliphatic carbocycles. The van der Waals surface area contributed by atoms with Gasteiger partial charge in [0.2, 0.25) is 5.91 Å². The minimum Gasteiger partial charge on any atom is -0.466 e. The van der Waals surface area contributed by atoms with Crippen LogP contribution in [0.25, 0.3) is 0 Å². The summed E-state index contributed by atoms with van der Waals surface area (Å²) in [4.78, 5) is 50.9. The number of hydrogen-bond donors (Lipinski definition) is 2. The first-order valence-electron chi connectivity index (χ1n) is 12.9. The first-order valence-corrected chi connectivity index (χ1v) is 12.9. The lowest BCUT2D eigenvalue weighted by Crippen LogP contribution is -2.45. The van der Waals surface area contributed by atoms with Crippen LogP contribution in [0.5, 0.6) is 0 Å². The molecule has 9 nitrogen and oxygen atoms in total. The van der Waals surface area contributed by atoms with E-state index in [2.05, 4.69) is 10.9 Å². The lowest BCUT2D eigenvalue weighted by atomic mass is 9.81. The summed E-state index contributed by atoms with van der Waals surface area (Å²) in [7, 11) is 0. The van der Waals surface area contributed by atoms with Crippen LogP contribution in [0.15, 0.2) is 24.3 Å². The van der Waals surface area contributed by atoms with Gasteiger partial charge in [-0.05, 0) is 89.8 Å². The van der Waals surface area contributed by atoms with Crippen molar-refractivity contribution < 1.29 is 28.7 Å².